The summed E-state index contributed by atoms with van der Waals surface area (Å²) in [6.45, 7) is 6.83. The van der Waals surface area contributed by atoms with Crippen molar-refractivity contribution in [3.8, 4) is 5.75 Å². The number of nitrogens with zero attached hydrogens (tertiary/aromatic N) is 2. The highest BCUT2D eigenvalue weighted by molar-refractivity contribution is 14.0. The van der Waals surface area contributed by atoms with Gasteiger partial charge in [0.2, 0.25) is 0 Å². The van der Waals surface area contributed by atoms with Gasteiger partial charge in [-0.25, -0.2) is 9.37 Å². The minimum atomic E-state index is -0.265. The van der Waals surface area contributed by atoms with E-state index in [0.29, 0.717) is 26.1 Å². The van der Waals surface area contributed by atoms with Crippen LogP contribution in [0.5, 0.6) is 5.75 Å². The van der Waals surface area contributed by atoms with Gasteiger partial charge in [0, 0.05) is 42.7 Å². The Morgan fingerprint density at radius 1 is 1.28 bits per heavy atom. The number of guanidine groups is 1. The number of thiazole rings is 1. The van der Waals surface area contributed by atoms with E-state index < -0.39 is 0 Å². The summed E-state index contributed by atoms with van der Waals surface area (Å²) in [5.41, 5.74) is 1.60. The first-order chi connectivity index (χ1) is 13.7. The number of hydrogen-bond acceptors (Lipinski definition) is 5. The molecular weight excluding hydrogens is 506 g/mol. The van der Waals surface area contributed by atoms with Gasteiger partial charge in [-0.2, -0.15) is 0 Å². The van der Waals surface area contributed by atoms with Gasteiger partial charge in [0.15, 0.2) is 12.8 Å². The Hall–Kier alpha value is -1.46. The van der Waals surface area contributed by atoms with Crippen molar-refractivity contribution >= 4 is 41.3 Å². The van der Waals surface area contributed by atoms with Gasteiger partial charge in [0.25, 0.3) is 0 Å². The maximum Gasteiger partial charge on any atom is 0.191 e. The van der Waals surface area contributed by atoms with Gasteiger partial charge in [-0.15, -0.1) is 35.3 Å². The molecule has 0 unspecified atom stereocenters. The van der Waals surface area contributed by atoms with Crippen LogP contribution in [0.2, 0.25) is 0 Å². The fourth-order valence-electron chi connectivity index (χ4n) is 2.99. The second kappa shape index (κ2) is 12.3. The SMILES string of the molecule is CCNC(=NCCc1ncc(CC)s1)NCCc1cc(F)cc2c1OCOC2.I. The molecule has 0 saturated heterocycles. The quantitative estimate of drug-likeness (QED) is 0.308. The van der Waals surface area contributed by atoms with Gasteiger partial charge < -0.3 is 20.1 Å². The highest BCUT2D eigenvalue weighted by Gasteiger charge is 2.16. The Balaban J connectivity index is 0.00000300. The van der Waals surface area contributed by atoms with E-state index in [1.165, 1.54) is 17.0 Å². The van der Waals surface area contributed by atoms with Crippen molar-refractivity contribution in [2.24, 2.45) is 4.99 Å². The maximum atomic E-state index is 13.8. The Labute approximate surface area is 192 Å². The Kier molecular flexibility index (Phi) is 10.1. The molecule has 0 fully saturated rings. The zero-order valence-corrected chi connectivity index (χ0v) is 19.9. The van der Waals surface area contributed by atoms with Crippen molar-refractivity contribution < 1.29 is 13.9 Å². The molecule has 1 aromatic heterocycles. The molecule has 29 heavy (non-hydrogen) atoms. The average Bonchev–Trinajstić information content (AvgIpc) is 3.16. The summed E-state index contributed by atoms with van der Waals surface area (Å²) < 4.78 is 24.6. The predicted molar refractivity (Wildman–Crippen MR) is 125 cm³/mol. The van der Waals surface area contributed by atoms with Crippen molar-refractivity contribution in [1.82, 2.24) is 15.6 Å². The van der Waals surface area contributed by atoms with E-state index in [1.54, 1.807) is 11.3 Å². The van der Waals surface area contributed by atoms with E-state index in [-0.39, 0.29) is 36.6 Å². The van der Waals surface area contributed by atoms with Crippen LogP contribution in [0.25, 0.3) is 0 Å². The summed E-state index contributed by atoms with van der Waals surface area (Å²) in [5, 5.41) is 7.67. The number of aryl methyl sites for hydroxylation is 1. The molecule has 0 spiro atoms. The first-order valence-corrected chi connectivity index (χ1v) is 10.5. The van der Waals surface area contributed by atoms with E-state index in [1.807, 2.05) is 13.1 Å². The van der Waals surface area contributed by atoms with Crippen LogP contribution in [0.1, 0.15) is 34.9 Å². The van der Waals surface area contributed by atoms with E-state index in [2.05, 4.69) is 27.5 Å². The van der Waals surface area contributed by atoms with Gasteiger partial charge in [-0.1, -0.05) is 6.92 Å². The summed E-state index contributed by atoms with van der Waals surface area (Å²) >= 11 is 1.75. The molecule has 0 aliphatic carbocycles. The molecule has 3 rings (SSSR count). The van der Waals surface area contributed by atoms with Crippen LogP contribution in [-0.2, 0) is 30.6 Å². The number of rotatable bonds is 8. The zero-order valence-electron chi connectivity index (χ0n) is 16.8. The molecule has 0 atom stereocenters. The van der Waals surface area contributed by atoms with E-state index >= 15 is 0 Å². The predicted octanol–water partition coefficient (Wildman–Crippen LogP) is 3.67. The number of aromatic nitrogens is 1. The molecule has 0 amide bonds. The fraction of sp³-hybridized carbons (Fsp3) is 0.500. The number of aliphatic imine (C=N–C) groups is 1. The molecule has 1 aromatic carbocycles. The number of benzene rings is 1. The second-order valence-electron chi connectivity index (χ2n) is 6.43. The normalized spacial score (nSPS) is 13.3. The maximum absolute atomic E-state index is 13.8. The van der Waals surface area contributed by atoms with Crippen molar-refractivity contribution in [3.05, 3.63) is 45.2 Å². The second-order valence-corrected chi connectivity index (χ2v) is 7.62. The number of halogens is 2. The highest BCUT2D eigenvalue weighted by atomic mass is 127. The van der Waals surface area contributed by atoms with Gasteiger partial charge in [0.1, 0.15) is 11.6 Å². The molecular formula is C20H28FIN4O2S. The third-order valence-electron chi connectivity index (χ3n) is 4.33. The fourth-order valence-corrected chi connectivity index (χ4v) is 3.84. The van der Waals surface area contributed by atoms with Crippen LogP contribution in [0.3, 0.4) is 0 Å². The molecule has 0 saturated carbocycles. The lowest BCUT2D eigenvalue weighted by molar-refractivity contribution is -0.0172. The van der Waals surface area contributed by atoms with Crippen LogP contribution in [0.15, 0.2) is 23.3 Å². The third-order valence-corrected chi connectivity index (χ3v) is 5.53. The smallest absolute Gasteiger partial charge is 0.191 e. The monoisotopic (exact) mass is 534 g/mol. The number of nitrogens with one attached hydrogen (secondary N) is 2. The lowest BCUT2D eigenvalue weighted by Crippen LogP contribution is -2.38. The molecule has 9 heteroatoms. The Morgan fingerprint density at radius 2 is 2.14 bits per heavy atom. The molecule has 1 aliphatic heterocycles. The topological polar surface area (TPSA) is 67.8 Å². The minimum absolute atomic E-state index is 0. The van der Waals surface area contributed by atoms with Crippen LogP contribution < -0.4 is 15.4 Å². The third kappa shape index (κ3) is 7.07. The Morgan fingerprint density at radius 3 is 2.90 bits per heavy atom. The van der Waals surface area contributed by atoms with Crippen molar-refractivity contribution in [3.63, 3.8) is 0 Å². The van der Waals surface area contributed by atoms with Crippen LogP contribution in [-0.4, -0.2) is 37.4 Å². The van der Waals surface area contributed by atoms with Crippen LogP contribution in [0.4, 0.5) is 4.39 Å². The molecule has 2 aromatic rings. The lowest BCUT2D eigenvalue weighted by Gasteiger charge is -2.21. The lowest BCUT2D eigenvalue weighted by atomic mass is 10.1. The van der Waals surface area contributed by atoms with E-state index in [4.69, 9.17) is 9.47 Å². The zero-order chi connectivity index (χ0) is 19.8. The van der Waals surface area contributed by atoms with Crippen LogP contribution >= 0.6 is 35.3 Å². The molecule has 1 aliphatic rings. The molecule has 2 heterocycles. The summed E-state index contributed by atoms with van der Waals surface area (Å²) in [7, 11) is 0. The highest BCUT2D eigenvalue weighted by Crippen LogP contribution is 2.29. The van der Waals surface area contributed by atoms with Gasteiger partial charge in [-0.05, 0) is 37.5 Å². The molecule has 6 nitrogen and oxygen atoms in total. The summed E-state index contributed by atoms with van der Waals surface area (Å²) in [4.78, 5) is 10.3. The van der Waals surface area contributed by atoms with E-state index in [9.17, 15) is 4.39 Å². The first-order valence-electron chi connectivity index (χ1n) is 9.67. The molecule has 0 radical (unpaired) electrons. The van der Waals surface area contributed by atoms with Gasteiger partial charge >= 0.3 is 0 Å². The van der Waals surface area contributed by atoms with Crippen molar-refractivity contribution in [2.45, 2.75) is 39.7 Å². The molecule has 0 bridgehead atoms. The summed E-state index contributed by atoms with van der Waals surface area (Å²) in [6, 6.07) is 3.00. The molecule has 2 N–H and O–H groups in total. The number of hydrogen-bond donors (Lipinski definition) is 2. The van der Waals surface area contributed by atoms with Crippen molar-refractivity contribution in [1.29, 1.82) is 0 Å². The van der Waals surface area contributed by atoms with Gasteiger partial charge in [-0.3, -0.25) is 4.99 Å². The number of fused-ring (bicyclic) bond motifs is 1. The van der Waals surface area contributed by atoms with Gasteiger partial charge in [0.05, 0.1) is 11.6 Å². The number of ether oxygens (including phenoxy) is 2. The summed E-state index contributed by atoms with van der Waals surface area (Å²) in [6.07, 6.45) is 4.42. The minimum Gasteiger partial charge on any atom is -0.467 e. The van der Waals surface area contributed by atoms with Crippen molar-refractivity contribution in [2.75, 3.05) is 26.4 Å². The first kappa shape index (κ1) is 23.8. The Bertz CT molecular complexity index is 816. The average molecular weight is 534 g/mol. The molecule has 160 valence electrons. The van der Waals surface area contributed by atoms with E-state index in [0.717, 1.165) is 47.2 Å². The summed E-state index contributed by atoms with van der Waals surface area (Å²) in [5.74, 6) is 1.23. The largest absolute Gasteiger partial charge is 0.467 e. The standard InChI is InChI=1S/C20H27FN4O2S.HI/c1-3-17-11-25-18(28-17)6-8-24-20(22-4-2)23-7-5-14-9-16(21)10-15-12-26-13-27-19(14)15;/h9-11H,3-8,12-13H2,1-2H3,(H2,22,23,24);1H. The van der Waals surface area contributed by atoms with Crippen LogP contribution in [0, 0.1) is 5.82 Å².